The van der Waals surface area contributed by atoms with Crippen LogP contribution in [0.25, 0.3) is 0 Å². The van der Waals surface area contributed by atoms with Crippen LogP contribution in [0.5, 0.6) is 0 Å². The van der Waals surface area contributed by atoms with Gasteiger partial charge in [-0.15, -0.1) is 0 Å². The normalized spacial score (nSPS) is 10.7. The zero-order chi connectivity index (χ0) is 10.3. The van der Waals surface area contributed by atoms with Crippen LogP contribution in [0.3, 0.4) is 0 Å². The third-order valence-corrected chi connectivity index (χ3v) is 2.36. The maximum absolute atomic E-state index is 5.54. The zero-order valence-corrected chi connectivity index (χ0v) is 8.70. The van der Waals surface area contributed by atoms with Gasteiger partial charge in [0.05, 0.1) is 13.2 Å². The number of rotatable bonds is 6. The van der Waals surface area contributed by atoms with Crippen molar-refractivity contribution >= 4 is 0 Å². The van der Waals surface area contributed by atoms with Gasteiger partial charge in [0.1, 0.15) is 0 Å². The summed E-state index contributed by atoms with van der Waals surface area (Å²) in [4.78, 5) is 6.31. The van der Waals surface area contributed by atoms with Gasteiger partial charge in [0.2, 0.25) is 0 Å². The van der Waals surface area contributed by atoms with Crippen LogP contribution in [0.15, 0.2) is 36.7 Å². The Labute approximate surface area is 89.5 Å². The van der Waals surface area contributed by atoms with Crippen molar-refractivity contribution in [3.63, 3.8) is 0 Å². The van der Waals surface area contributed by atoms with Crippen LogP contribution < -0.4 is 0 Å². The SMILES string of the molecule is c1c[nH]c(CCOCCc2ccc[nH]2)c1. The second-order valence-corrected chi connectivity index (χ2v) is 3.50. The standard InChI is InChI=1S/C12H16N2O/c1-3-11(13-7-1)5-9-15-10-6-12-4-2-8-14-12/h1-4,7-8,13-14H,5-6,9-10H2. The lowest BCUT2D eigenvalue weighted by Crippen LogP contribution is -2.03. The van der Waals surface area contributed by atoms with Crippen molar-refractivity contribution in [2.75, 3.05) is 13.2 Å². The summed E-state index contributed by atoms with van der Waals surface area (Å²) < 4.78 is 5.54. The van der Waals surface area contributed by atoms with E-state index in [1.807, 2.05) is 24.5 Å². The minimum Gasteiger partial charge on any atom is -0.381 e. The topological polar surface area (TPSA) is 40.8 Å². The molecule has 0 atom stereocenters. The lowest BCUT2D eigenvalue weighted by atomic mass is 10.3. The highest BCUT2D eigenvalue weighted by molar-refractivity contribution is 5.04. The number of hydrogen-bond donors (Lipinski definition) is 2. The van der Waals surface area contributed by atoms with E-state index in [0.717, 1.165) is 26.1 Å². The summed E-state index contributed by atoms with van der Waals surface area (Å²) >= 11 is 0. The van der Waals surface area contributed by atoms with Crippen molar-refractivity contribution in [1.29, 1.82) is 0 Å². The molecule has 2 rings (SSSR count). The second-order valence-electron chi connectivity index (χ2n) is 3.50. The maximum Gasteiger partial charge on any atom is 0.0520 e. The second kappa shape index (κ2) is 5.41. The van der Waals surface area contributed by atoms with Crippen LogP contribution in [0.4, 0.5) is 0 Å². The fourth-order valence-electron chi connectivity index (χ4n) is 1.51. The monoisotopic (exact) mass is 204 g/mol. The number of aromatic amines is 2. The molecular weight excluding hydrogens is 188 g/mol. The number of ether oxygens (including phenoxy) is 1. The molecule has 0 aliphatic carbocycles. The minimum absolute atomic E-state index is 0.779. The molecule has 0 radical (unpaired) electrons. The average molecular weight is 204 g/mol. The van der Waals surface area contributed by atoms with E-state index >= 15 is 0 Å². The maximum atomic E-state index is 5.54. The summed E-state index contributed by atoms with van der Waals surface area (Å²) in [6, 6.07) is 8.17. The average Bonchev–Trinajstić information content (AvgIpc) is 2.88. The summed E-state index contributed by atoms with van der Waals surface area (Å²) in [6.07, 6.45) is 5.79. The van der Waals surface area contributed by atoms with Gasteiger partial charge in [0, 0.05) is 36.6 Å². The predicted molar refractivity (Wildman–Crippen MR) is 59.8 cm³/mol. The molecule has 0 saturated carbocycles. The quantitative estimate of drug-likeness (QED) is 0.695. The Morgan fingerprint density at radius 3 is 1.80 bits per heavy atom. The molecule has 0 unspecified atom stereocenters. The summed E-state index contributed by atoms with van der Waals surface area (Å²) in [5.41, 5.74) is 2.46. The van der Waals surface area contributed by atoms with Crippen molar-refractivity contribution in [3.05, 3.63) is 48.0 Å². The molecule has 0 fully saturated rings. The largest absolute Gasteiger partial charge is 0.381 e. The van der Waals surface area contributed by atoms with Gasteiger partial charge in [-0.1, -0.05) is 0 Å². The molecule has 15 heavy (non-hydrogen) atoms. The lowest BCUT2D eigenvalue weighted by molar-refractivity contribution is 0.139. The summed E-state index contributed by atoms with van der Waals surface area (Å²) in [6.45, 7) is 1.56. The van der Waals surface area contributed by atoms with Gasteiger partial charge in [-0.05, 0) is 24.3 Å². The van der Waals surface area contributed by atoms with Crippen LogP contribution in [0.2, 0.25) is 0 Å². The summed E-state index contributed by atoms with van der Waals surface area (Å²) in [5.74, 6) is 0. The van der Waals surface area contributed by atoms with Crippen LogP contribution in [0, 0.1) is 0 Å². The molecule has 0 bridgehead atoms. The van der Waals surface area contributed by atoms with Gasteiger partial charge in [-0.3, -0.25) is 0 Å². The molecule has 0 aliphatic heterocycles. The highest BCUT2D eigenvalue weighted by atomic mass is 16.5. The Kier molecular flexibility index (Phi) is 3.63. The highest BCUT2D eigenvalue weighted by Gasteiger charge is 1.95. The van der Waals surface area contributed by atoms with Crippen molar-refractivity contribution in [1.82, 2.24) is 9.97 Å². The highest BCUT2D eigenvalue weighted by Crippen LogP contribution is 1.98. The van der Waals surface area contributed by atoms with E-state index in [2.05, 4.69) is 22.1 Å². The van der Waals surface area contributed by atoms with Gasteiger partial charge in [0.15, 0.2) is 0 Å². The summed E-state index contributed by atoms with van der Waals surface area (Å²) in [5, 5.41) is 0. The van der Waals surface area contributed by atoms with Crippen LogP contribution in [-0.4, -0.2) is 23.2 Å². The fourth-order valence-corrected chi connectivity index (χ4v) is 1.51. The number of aromatic nitrogens is 2. The fraction of sp³-hybridized carbons (Fsp3) is 0.333. The van der Waals surface area contributed by atoms with E-state index < -0.39 is 0 Å². The van der Waals surface area contributed by atoms with E-state index in [1.165, 1.54) is 11.4 Å². The first-order valence-corrected chi connectivity index (χ1v) is 5.27. The van der Waals surface area contributed by atoms with E-state index in [4.69, 9.17) is 4.74 Å². The minimum atomic E-state index is 0.779. The Hall–Kier alpha value is -1.48. The van der Waals surface area contributed by atoms with Crippen molar-refractivity contribution < 1.29 is 4.74 Å². The molecule has 0 saturated heterocycles. The molecule has 2 N–H and O–H groups in total. The molecule has 0 aromatic carbocycles. The first-order chi connectivity index (χ1) is 7.45. The van der Waals surface area contributed by atoms with E-state index in [0.29, 0.717) is 0 Å². The molecule has 2 aromatic rings. The molecular formula is C12H16N2O. The third kappa shape index (κ3) is 3.29. The van der Waals surface area contributed by atoms with Crippen molar-refractivity contribution in [2.24, 2.45) is 0 Å². The molecule has 80 valence electrons. The number of H-pyrrole nitrogens is 2. The van der Waals surface area contributed by atoms with Gasteiger partial charge >= 0.3 is 0 Å². The Balaban J connectivity index is 1.56. The molecule has 2 aromatic heterocycles. The Morgan fingerprint density at radius 2 is 1.40 bits per heavy atom. The van der Waals surface area contributed by atoms with Gasteiger partial charge in [-0.25, -0.2) is 0 Å². The van der Waals surface area contributed by atoms with Crippen LogP contribution >= 0.6 is 0 Å². The molecule has 2 heterocycles. The molecule has 0 amide bonds. The van der Waals surface area contributed by atoms with E-state index in [1.54, 1.807) is 0 Å². The summed E-state index contributed by atoms with van der Waals surface area (Å²) in [7, 11) is 0. The lowest BCUT2D eigenvalue weighted by Gasteiger charge is -2.02. The number of nitrogens with one attached hydrogen (secondary N) is 2. The van der Waals surface area contributed by atoms with Crippen molar-refractivity contribution in [2.45, 2.75) is 12.8 Å². The first kappa shape index (κ1) is 10.1. The van der Waals surface area contributed by atoms with E-state index in [-0.39, 0.29) is 0 Å². The van der Waals surface area contributed by atoms with Gasteiger partial charge in [0.25, 0.3) is 0 Å². The van der Waals surface area contributed by atoms with Gasteiger partial charge < -0.3 is 14.7 Å². The van der Waals surface area contributed by atoms with Crippen LogP contribution in [0.1, 0.15) is 11.4 Å². The Bertz CT molecular complexity index is 315. The molecule has 3 nitrogen and oxygen atoms in total. The predicted octanol–water partition coefficient (Wildman–Crippen LogP) is 2.14. The third-order valence-electron chi connectivity index (χ3n) is 2.36. The molecule has 0 spiro atoms. The van der Waals surface area contributed by atoms with Crippen LogP contribution in [-0.2, 0) is 17.6 Å². The molecule has 0 aliphatic rings. The van der Waals surface area contributed by atoms with Crippen molar-refractivity contribution in [3.8, 4) is 0 Å². The number of hydrogen-bond acceptors (Lipinski definition) is 1. The smallest absolute Gasteiger partial charge is 0.0520 e. The Morgan fingerprint density at radius 1 is 0.867 bits per heavy atom. The zero-order valence-electron chi connectivity index (χ0n) is 8.70. The first-order valence-electron chi connectivity index (χ1n) is 5.27. The van der Waals surface area contributed by atoms with Gasteiger partial charge in [-0.2, -0.15) is 0 Å². The molecule has 3 heteroatoms. The van der Waals surface area contributed by atoms with E-state index in [9.17, 15) is 0 Å².